The molecule has 4 aliphatic rings. The summed E-state index contributed by atoms with van der Waals surface area (Å²) >= 11 is 0. The molecule has 3 saturated carbocycles. The van der Waals surface area contributed by atoms with E-state index in [1.807, 2.05) is 48.5 Å². The van der Waals surface area contributed by atoms with Crippen LogP contribution in [0.15, 0.2) is 72.8 Å². The number of aryl methyl sites for hydroxylation is 1. The van der Waals surface area contributed by atoms with Crippen LogP contribution in [0.1, 0.15) is 40.7 Å². The predicted octanol–water partition coefficient (Wildman–Crippen LogP) is 7.20. The summed E-state index contributed by atoms with van der Waals surface area (Å²) in [5, 5.41) is 2.25. The lowest BCUT2D eigenvalue weighted by Crippen LogP contribution is -2.08. The molecule has 4 nitrogen and oxygen atoms in total. The van der Waals surface area contributed by atoms with Crippen LogP contribution in [0.25, 0.3) is 32.8 Å². The van der Waals surface area contributed by atoms with Gasteiger partial charge in [-0.25, -0.2) is 9.97 Å². The summed E-state index contributed by atoms with van der Waals surface area (Å²) in [4.78, 5) is 23.3. The largest absolute Gasteiger partial charge is 0.492 e. The Morgan fingerprint density at radius 3 is 2.46 bits per heavy atom. The SMILES string of the molecule is O=C(Cc1ccc2nc3c4c(c5ccccc5c3nc2c1)OCC1C2CC3C(CCC4)C3C12)c1ccccc1. The van der Waals surface area contributed by atoms with E-state index in [-0.39, 0.29) is 5.78 Å². The fourth-order valence-electron chi connectivity index (χ4n) is 8.48. The molecular formula is C35H30N2O2. The lowest BCUT2D eigenvalue weighted by Gasteiger charge is -2.18. The number of ether oxygens (including phenoxy) is 1. The van der Waals surface area contributed by atoms with Gasteiger partial charge in [0, 0.05) is 28.3 Å². The Morgan fingerprint density at radius 1 is 0.795 bits per heavy atom. The molecule has 4 aromatic carbocycles. The molecule has 0 N–H and O–H groups in total. The van der Waals surface area contributed by atoms with Gasteiger partial charge in [0.15, 0.2) is 5.78 Å². The van der Waals surface area contributed by atoms with E-state index in [4.69, 9.17) is 14.7 Å². The zero-order chi connectivity index (χ0) is 25.7. The Labute approximate surface area is 227 Å². The molecule has 9 rings (SSSR count). The van der Waals surface area contributed by atoms with Crippen LogP contribution in [-0.4, -0.2) is 22.4 Å². The van der Waals surface area contributed by atoms with Gasteiger partial charge in [-0.05, 0) is 78.9 Å². The molecule has 0 amide bonds. The van der Waals surface area contributed by atoms with Gasteiger partial charge in [0.05, 0.1) is 28.7 Å². The molecular weight excluding hydrogens is 480 g/mol. The summed E-state index contributed by atoms with van der Waals surface area (Å²) in [7, 11) is 0. The third kappa shape index (κ3) is 3.33. The van der Waals surface area contributed by atoms with Gasteiger partial charge in [-0.1, -0.05) is 60.7 Å². The monoisotopic (exact) mass is 510 g/mol. The number of ketones is 1. The highest BCUT2D eigenvalue weighted by Crippen LogP contribution is 2.76. The van der Waals surface area contributed by atoms with Crippen LogP contribution >= 0.6 is 0 Å². The van der Waals surface area contributed by atoms with Gasteiger partial charge < -0.3 is 4.74 Å². The zero-order valence-corrected chi connectivity index (χ0v) is 21.8. The van der Waals surface area contributed by atoms with Gasteiger partial charge in [-0.3, -0.25) is 4.79 Å². The first-order valence-electron chi connectivity index (χ1n) is 14.6. The number of rotatable bonds is 3. The number of benzene rings is 4. The third-order valence-corrected chi connectivity index (χ3v) is 10.3. The highest BCUT2D eigenvalue weighted by molar-refractivity contribution is 6.10. The van der Waals surface area contributed by atoms with Crippen molar-refractivity contribution in [3.05, 3.63) is 89.5 Å². The van der Waals surface area contributed by atoms with E-state index in [1.165, 1.54) is 24.8 Å². The first-order valence-corrected chi connectivity index (χ1v) is 14.6. The fourth-order valence-corrected chi connectivity index (χ4v) is 8.48. The number of hydrogen-bond acceptors (Lipinski definition) is 4. The average molecular weight is 511 g/mol. The van der Waals surface area contributed by atoms with Crippen molar-refractivity contribution in [3.8, 4) is 5.75 Å². The maximum atomic E-state index is 12.9. The molecule has 5 aromatic rings. The average Bonchev–Trinajstić information content (AvgIpc) is 3.81. The maximum Gasteiger partial charge on any atom is 0.167 e. The quantitative estimate of drug-likeness (QED) is 0.146. The number of nitrogens with zero attached hydrogens (tertiary/aromatic N) is 2. The van der Waals surface area contributed by atoms with Gasteiger partial charge in [-0.15, -0.1) is 0 Å². The van der Waals surface area contributed by atoms with E-state index in [1.54, 1.807) is 0 Å². The molecule has 0 saturated heterocycles. The highest BCUT2D eigenvalue weighted by atomic mass is 16.5. The van der Waals surface area contributed by atoms with E-state index >= 15 is 0 Å². The molecule has 1 aromatic heterocycles. The van der Waals surface area contributed by atoms with Crippen LogP contribution in [0.4, 0.5) is 0 Å². The van der Waals surface area contributed by atoms with Crippen molar-refractivity contribution in [2.24, 2.45) is 35.5 Å². The van der Waals surface area contributed by atoms with Crippen molar-refractivity contribution in [2.75, 3.05) is 6.61 Å². The number of Topliss-reactive ketones (excluding diaryl/α,β-unsaturated/α-hetero) is 1. The summed E-state index contributed by atoms with van der Waals surface area (Å²) in [6.45, 7) is 0.841. The second kappa shape index (κ2) is 8.11. The van der Waals surface area contributed by atoms with E-state index < -0.39 is 0 Å². The fraction of sp³-hybridized carbons (Fsp3) is 0.343. The van der Waals surface area contributed by atoms with Gasteiger partial charge in [0.1, 0.15) is 5.75 Å². The minimum absolute atomic E-state index is 0.115. The highest BCUT2D eigenvalue weighted by Gasteiger charge is 2.72. The second-order valence-corrected chi connectivity index (χ2v) is 12.3. The number of aromatic nitrogens is 2. The first-order chi connectivity index (χ1) is 19.2. The minimum atomic E-state index is 0.115. The summed E-state index contributed by atoms with van der Waals surface area (Å²) in [5.41, 5.74) is 6.56. The van der Waals surface area contributed by atoms with Crippen LogP contribution in [0, 0.1) is 35.5 Å². The molecule has 4 heteroatoms. The van der Waals surface area contributed by atoms with Crippen LogP contribution in [0.2, 0.25) is 0 Å². The standard InChI is InChI=1S/C35H30N2O2/c38-30(20-7-2-1-3-8-20)16-19-13-14-28-29(15-19)37-33-22-9-4-5-10-23(22)35-24(34(33)36-28)12-6-11-21-25-17-26-27(18-39-35)32(26)31(21)25/h1-5,7-10,13-15,21,25-27,31-32H,6,11-12,16-18H2. The molecule has 3 fully saturated rings. The van der Waals surface area contributed by atoms with E-state index in [0.29, 0.717) is 6.42 Å². The molecule has 0 bridgehead atoms. The van der Waals surface area contributed by atoms with Crippen molar-refractivity contribution in [2.45, 2.75) is 32.1 Å². The van der Waals surface area contributed by atoms with Crippen molar-refractivity contribution < 1.29 is 9.53 Å². The summed E-state index contributed by atoms with van der Waals surface area (Å²) in [6.07, 6.45) is 5.30. The van der Waals surface area contributed by atoms with Crippen molar-refractivity contribution in [3.63, 3.8) is 0 Å². The number of fused-ring (bicyclic) bond motifs is 9. The van der Waals surface area contributed by atoms with Gasteiger partial charge in [-0.2, -0.15) is 0 Å². The minimum Gasteiger partial charge on any atom is -0.492 e. The molecule has 2 heterocycles. The number of hydrogen-bond donors (Lipinski definition) is 0. The molecule has 6 unspecified atom stereocenters. The van der Waals surface area contributed by atoms with E-state index in [9.17, 15) is 4.79 Å². The van der Waals surface area contributed by atoms with Crippen LogP contribution in [0.3, 0.4) is 0 Å². The van der Waals surface area contributed by atoms with Gasteiger partial charge >= 0.3 is 0 Å². The molecule has 0 spiro atoms. The van der Waals surface area contributed by atoms with E-state index in [2.05, 4.69) is 24.3 Å². The Bertz CT molecular complexity index is 1810. The topological polar surface area (TPSA) is 52.1 Å². The molecule has 6 atom stereocenters. The van der Waals surface area contributed by atoms with Crippen LogP contribution in [0.5, 0.6) is 5.75 Å². The summed E-state index contributed by atoms with van der Waals surface area (Å²) in [6, 6.07) is 24.1. The first kappa shape index (κ1) is 22.1. The van der Waals surface area contributed by atoms with Crippen molar-refractivity contribution >= 4 is 38.6 Å². The van der Waals surface area contributed by atoms with Gasteiger partial charge in [0.25, 0.3) is 0 Å². The Kier molecular flexibility index (Phi) is 4.59. The molecule has 0 radical (unpaired) electrons. The molecule has 39 heavy (non-hydrogen) atoms. The Morgan fingerprint density at radius 2 is 1.56 bits per heavy atom. The van der Waals surface area contributed by atoms with Gasteiger partial charge in [0.2, 0.25) is 0 Å². The third-order valence-electron chi connectivity index (χ3n) is 10.3. The second-order valence-electron chi connectivity index (χ2n) is 12.3. The Hall–Kier alpha value is -3.79. The predicted molar refractivity (Wildman–Crippen MR) is 153 cm³/mol. The zero-order valence-electron chi connectivity index (χ0n) is 21.8. The normalized spacial score (nSPS) is 28.4. The molecule has 3 aliphatic carbocycles. The molecule has 192 valence electrons. The lowest BCUT2D eigenvalue weighted by atomic mass is 9.96. The number of carbonyl (C=O) groups excluding carboxylic acids is 1. The van der Waals surface area contributed by atoms with Crippen LogP contribution in [-0.2, 0) is 12.8 Å². The summed E-state index contributed by atoms with van der Waals surface area (Å²) < 4.78 is 6.77. The smallest absolute Gasteiger partial charge is 0.167 e. The molecule has 1 aliphatic heterocycles. The lowest BCUT2D eigenvalue weighted by molar-refractivity contribution is 0.0993. The van der Waals surface area contributed by atoms with Crippen molar-refractivity contribution in [1.29, 1.82) is 0 Å². The summed E-state index contributed by atoms with van der Waals surface area (Å²) in [5.74, 6) is 6.69. The number of carbonyl (C=O) groups is 1. The van der Waals surface area contributed by atoms with Crippen molar-refractivity contribution in [1.82, 2.24) is 9.97 Å². The van der Waals surface area contributed by atoms with Crippen LogP contribution < -0.4 is 4.74 Å². The van der Waals surface area contributed by atoms with E-state index in [0.717, 1.165) is 98.3 Å². The Balaban J connectivity index is 1.16. The maximum absolute atomic E-state index is 12.9.